The number of aliphatic imine (C=N–C) groups is 1. The second-order valence-electron chi connectivity index (χ2n) is 7.23. The van der Waals surface area contributed by atoms with Gasteiger partial charge < -0.3 is 24.3 Å². The fraction of sp³-hybridized carbons (Fsp3) is 0.391. The zero-order valence-electron chi connectivity index (χ0n) is 18.7. The van der Waals surface area contributed by atoms with Crippen molar-refractivity contribution in [3.05, 3.63) is 46.5 Å². The number of methoxy groups -OCH3 is 3. The Bertz CT molecular complexity index is 965. The molecular formula is C23H28ClN3O5. The first-order chi connectivity index (χ1) is 15.5. The first kappa shape index (κ1) is 23.7. The minimum atomic E-state index is -0.387. The third kappa shape index (κ3) is 5.63. The van der Waals surface area contributed by atoms with Crippen molar-refractivity contribution in [1.29, 1.82) is 0 Å². The van der Waals surface area contributed by atoms with Crippen LogP contribution in [-0.2, 0) is 4.74 Å². The lowest BCUT2D eigenvalue weighted by molar-refractivity contribution is 0.0974. The molecule has 1 aliphatic rings. The Hall–Kier alpha value is -2.97. The van der Waals surface area contributed by atoms with Crippen LogP contribution < -0.4 is 24.8 Å². The third-order valence-corrected chi connectivity index (χ3v) is 5.57. The van der Waals surface area contributed by atoms with E-state index in [1.54, 1.807) is 18.2 Å². The van der Waals surface area contributed by atoms with Crippen LogP contribution in [0.3, 0.4) is 0 Å². The molecule has 1 heterocycles. The van der Waals surface area contributed by atoms with Crippen LogP contribution in [0.5, 0.6) is 17.2 Å². The summed E-state index contributed by atoms with van der Waals surface area (Å²) in [7, 11) is 4.50. The van der Waals surface area contributed by atoms with E-state index in [1.165, 1.54) is 21.3 Å². The number of rotatable bonds is 7. The molecule has 1 unspecified atom stereocenters. The highest BCUT2D eigenvalue weighted by atomic mass is 35.5. The Kier molecular flexibility index (Phi) is 8.19. The van der Waals surface area contributed by atoms with E-state index in [2.05, 4.69) is 15.6 Å². The first-order valence-corrected chi connectivity index (χ1v) is 10.6. The highest BCUT2D eigenvalue weighted by Gasteiger charge is 2.20. The number of benzene rings is 2. The topological polar surface area (TPSA) is 90.4 Å². The van der Waals surface area contributed by atoms with Crippen LogP contribution >= 0.6 is 11.6 Å². The van der Waals surface area contributed by atoms with Gasteiger partial charge >= 0.3 is 0 Å². The summed E-state index contributed by atoms with van der Waals surface area (Å²) in [5, 5.41) is 6.64. The molecule has 32 heavy (non-hydrogen) atoms. The lowest BCUT2D eigenvalue weighted by Gasteiger charge is -2.17. The van der Waals surface area contributed by atoms with Gasteiger partial charge in [0, 0.05) is 22.9 Å². The third-order valence-electron chi connectivity index (χ3n) is 5.16. The number of hydrogen-bond acceptors (Lipinski definition) is 6. The molecule has 0 saturated carbocycles. The maximum Gasteiger partial charge on any atom is 0.258 e. The van der Waals surface area contributed by atoms with Gasteiger partial charge in [0.25, 0.3) is 5.91 Å². The van der Waals surface area contributed by atoms with Crippen molar-refractivity contribution in [2.75, 3.05) is 39.8 Å². The van der Waals surface area contributed by atoms with Gasteiger partial charge in [0.1, 0.15) is 0 Å². The van der Waals surface area contributed by atoms with Crippen molar-refractivity contribution >= 4 is 29.2 Å². The van der Waals surface area contributed by atoms with Gasteiger partial charge in [-0.05, 0) is 49.6 Å². The fourth-order valence-electron chi connectivity index (χ4n) is 3.35. The molecule has 2 aromatic carbocycles. The Balaban J connectivity index is 1.87. The minimum Gasteiger partial charge on any atom is -0.493 e. The van der Waals surface area contributed by atoms with Crippen molar-refractivity contribution in [2.24, 2.45) is 4.99 Å². The molecule has 1 aliphatic heterocycles. The molecule has 3 rings (SSSR count). The number of nitrogens with zero attached hydrogens (tertiary/aromatic N) is 1. The summed E-state index contributed by atoms with van der Waals surface area (Å²) in [6, 6.07) is 8.67. The van der Waals surface area contributed by atoms with Gasteiger partial charge in [-0.1, -0.05) is 17.7 Å². The lowest BCUT2D eigenvalue weighted by Crippen LogP contribution is -2.37. The number of anilines is 1. The standard InChI is InChI=1S/C23H28ClN3O5/c1-14-17(24)8-5-9-18(14)26-23(25-13-16-7-6-10-32-16)27-22(28)15-11-19(29-2)21(31-4)20(12-15)30-3/h5,8-9,11-12,16H,6-7,10,13H2,1-4H3,(H2,25,26,27,28). The minimum absolute atomic E-state index is 0.0327. The van der Waals surface area contributed by atoms with E-state index in [0.717, 1.165) is 30.7 Å². The number of halogens is 1. The van der Waals surface area contributed by atoms with Gasteiger partial charge in [-0.3, -0.25) is 10.1 Å². The molecule has 0 aromatic heterocycles. The van der Waals surface area contributed by atoms with E-state index in [0.29, 0.717) is 40.3 Å². The zero-order chi connectivity index (χ0) is 23.1. The summed E-state index contributed by atoms with van der Waals surface area (Å²) >= 11 is 6.25. The Labute approximate surface area is 192 Å². The second kappa shape index (κ2) is 11.1. The molecule has 1 saturated heterocycles. The number of hydrogen-bond donors (Lipinski definition) is 2. The number of guanidine groups is 1. The Morgan fingerprint density at radius 2 is 1.91 bits per heavy atom. The number of ether oxygens (including phenoxy) is 4. The first-order valence-electron chi connectivity index (χ1n) is 10.3. The van der Waals surface area contributed by atoms with E-state index in [-0.39, 0.29) is 12.0 Å². The van der Waals surface area contributed by atoms with Crippen LogP contribution in [0.15, 0.2) is 35.3 Å². The van der Waals surface area contributed by atoms with Gasteiger partial charge in [-0.2, -0.15) is 0 Å². The van der Waals surface area contributed by atoms with E-state index in [1.807, 2.05) is 19.1 Å². The van der Waals surface area contributed by atoms with Crippen molar-refractivity contribution in [3.63, 3.8) is 0 Å². The number of nitrogens with one attached hydrogen (secondary N) is 2. The average molecular weight is 462 g/mol. The van der Waals surface area contributed by atoms with Crippen LogP contribution in [-0.4, -0.2) is 52.5 Å². The summed E-state index contributed by atoms with van der Waals surface area (Å²) in [4.78, 5) is 17.7. The van der Waals surface area contributed by atoms with E-state index in [9.17, 15) is 4.79 Å². The van der Waals surface area contributed by atoms with Crippen LogP contribution in [0, 0.1) is 6.92 Å². The van der Waals surface area contributed by atoms with E-state index >= 15 is 0 Å². The monoisotopic (exact) mass is 461 g/mol. The van der Waals surface area contributed by atoms with Crippen LogP contribution in [0.25, 0.3) is 0 Å². The molecule has 2 N–H and O–H groups in total. The predicted molar refractivity (Wildman–Crippen MR) is 125 cm³/mol. The molecular weight excluding hydrogens is 434 g/mol. The smallest absolute Gasteiger partial charge is 0.258 e. The summed E-state index contributed by atoms with van der Waals surface area (Å²) in [5.74, 6) is 1.08. The highest BCUT2D eigenvalue weighted by Crippen LogP contribution is 2.38. The molecule has 0 aliphatic carbocycles. The summed E-state index contributed by atoms with van der Waals surface area (Å²) < 4.78 is 21.7. The highest BCUT2D eigenvalue weighted by molar-refractivity contribution is 6.31. The zero-order valence-corrected chi connectivity index (χ0v) is 19.4. The van der Waals surface area contributed by atoms with Crippen molar-refractivity contribution < 1.29 is 23.7 Å². The average Bonchev–Trinajstić information content (AvgIpc) is 3.33. The molecule has 0 radical (unpaired) electrons. The summed E-state index contributed by atoms with van der Waals surface area (Å²) in [6.45, 7) is 3.05. The Morgan fingerprint density at radius 1 is 1.19 bits per heavy atom. The maximum atomic E-state index is 13.1. The quantitative estimate of drug-likeness (QED) is 0.477. The number of amides is 1. The van der Waals surface area contributed by atoms with Crippen LogP contribution in [0.1, 0.15) is 28.8 Å². The SMILES string of the molecule is COc1cc(C(=O)NC(=NCC2CCCO2)Nc2cccc(Cl)c2C)cc(OC)c1OC. The van der Waals surface area contributed by atoms with Crippen molar-refractivity contribution in [2.45, 2.75) is 25.9 Å². The number of carbonyl (C=O) groups excluding carboxylic acids is 1. The molecule has 2 aromatic rings. The molecule has 1 atom stereocenters. The fourth-order valence-corrected chi connectivity index (χ4v) is 3.53. The van der Waals surface area contributed by atoms with Gasteiger partial charge in [-0.25, -0.2) is 4.99 Å². The van der Waals surface area contributed by atoms with Gasteiger partial charge in [0.2, 0.25) is 11.7 Å². The van der Waals surface area contributed by atoms with Crippen LogP contribution in [0.4, 0.5) is 5.69 Å². The van der Waals surface area contributed by atoms with Gasteiger partial charge in [0.05, 0.1) is 34.0 Å². The molecule has 0 bridgehead atoms. The lowest BCUT2D eigenvalue weighted by atomic mass is 10.1. The van der Waals surface area contributed by atoms with E-state index < -0.39 is 0 Å². The van der Waals surface area contributed by atoms with Crippen molar-refractivity contribution in [1.82, 2.24) is 5.32 Å². The van der Waals surface area contributed by atoms with Crippen LogP contribution in [0.2, 0.25) is 5.02 Å². The normalized spacial score (nSPS) is 15.9. The second-order valence-corrected chi connectivity index (χ2v) is 7.64. The van der Waals surface area contributed by atoms with Gasteiger partial charge in [-0.15, -0.1) is 0 Å². The molecule has 172 valence electrons. The molecule has 8 nitrogen and oxygen atoms in total. The summed E-state index contributed by atoms with van der Waals surface area (Å²) in [5.41, 5.74) is 1.92. The summed E-state index contributed by atoms with van der Waals surface area (Å²) in [6.07, 6.45) is 1.98. The molecule has 0 spiro atoms. The predicted octanol–water partition coefficient (Wildman–Crippen LogP) is 4.05. The van der Waals surface area contributed by atoms with Crippen molar-refractivity contribution in [3.8, 4) is 17.2 Å². The molecule has 1 fully saturated rings. The molecule has 9 heteroatoms. The maximum absolute atomic E-state index is 13.1. The van der Waals surface area contributed by atoms with E-state index in [4.69, 9.17) is 30.5 Å². The largest absolute Gasteiger partial charge is 0.493 e. The molecule has 1 amide bonds. The Morgan fingerprint density at radius 3 is 2.50 bits per heavy atom. The number of carbonyl (C=O) groups is 1. The van der Waals surface area contributed by atoms with Gasteiger partial charge in [0.15, 0.2) is 11.5 Å².